The third-order valence-corrected chi connectivity index (χ3v) is 4.30. The molecule has 0 amide bonds. The second-order valence-corrected chi connectivity index (χ2v) is 5.30. The fourth-order valence-electron chi connectivity index (χ4n) is 1.73. The minimum absolute atomic E-state index is 0.609. The molecule has 0 saturated heterocycles. The van der Waals surface area contributed by atoms with Gasteiger partial charge in [0.25, 0.3) is 0 Å². The number of aromatic nitrogens is 1. The van der Waals surface area contributed by atoms with Gasteiger partial charge in [0.15, 0.2) is 0 Å². The van der Waals surface area contributed by atoms with Gasteiger partial charge in [-0.15, -0.1) is 22.7 Å². The molecule has 2 aromatic heterocycles. The molecule has 0 bridgehead atoms. The Morgan fingerprint density at radius 2 is 2.06 bits per heavy atom. The molecule has 0 fully saturated rings. The quantitative estimate of drug-likeness (QED) is 0.752. The van der Waals surface area contributed by atoms with Gasteiger partial charge < -0.3 is 5.11 Å². The van der Waals surface area contributed by atoms with Gasteiger partial charge >= 0.3 is 0 Å². The normalized spacial score (nSPS) is 13.1. The van der Waals surface area contributed by atoms with Crippen LogP contribution in [0.4, 0.5) is 0 Å². The molecule has 1 unspecified atom stereocenters. The van der Waals surface area contributed by atoms with E-state index in [0.717, 1.165) is 15.3 Å². The molecular weight excluding hydrogens is 238 g/mol. The average molecular weight is 247 g/mol. The number of fused-ring (bicyclic) bond motifs is 1. The van der Waals surface area contributed by atoms with Crippen LogP contribution in [0, 0.1) is 0 Å². The zero-order chi connectivity index (χ0) is 11.0. The largest absolute Gasteiger partial charge is 0.381 e. The predicted octanol–water partition coefficient (Wildman–Crippen LogP) is 3.44. The number of benzene rings is 1. The lowest BCUT2D eigenvalue weighted by Crippen LogP contribution is -1.98. The van der Waals surface area contributed by atoms with E-state index in [1.807, 2.05) is 22.9 Å². The van der Waals surface area contributed by atoms with E-state index in [1.165, 1.54) is 16.7 Å². The molecule has 1 N–H and O–H groups in total. The van der Waals surface area contributed by atoms with Crippen LogP contribution in [0.2, 0.25) is 0 Å². The number of hydrogen-bond acceptors (Lipinski definition) is 4. The summed E-state index contributed by atoms with van der Waals surface area (Å²) in [6.45, 7) is 0. The summed E-state index contributed by atoms with van der Waals surface area (Å²) in [6.07, 6.45) is 1.11. The van der Waals surface area contributed by atoms with Gasteiger partial charge in [0, 0.05) is 21.8 Å². The Kier molecular flexibility index (Phi) is 2.47. The predicted molar refractivity (Wildman–Crippen MR) is 68.0 cm³/mol. The molecular formula is C12H9NOS2. The smallest absolute Gasteiger partial charge is 0.132 e. The topological polar surface area (TPSA) is 33.1 Å². The zero-order valence-corrected chi connectivity index (χ0v) is 9.96. The molecule has 0 aliphatic carbocycles. The summed E-state index contributed by atoms with van der Waals surface area (Å²) in [4.78, 5) is 4.16. The molecule has 0 aliphatic heterocycles. The van der Waals surface area contributed by atoms with E-state index < -0.39 is 6.10 Å². The first-order valence-electron chi connectivity index (χ1n) is 4.90. The van der Waals surface area contributed by atoms with Crippen LogP contribution in [0.15, 0.2) is 41.2 Å². The Hall–Kier alpha value is -1.23. The first-order chi connectivity index (χ1) is 7.86. The van der Waals surface area contributed by atoms with Crippen molar-refractivity contribution < 1.29 is 5.11 Å². The monoisotopic (exact) mass is 247 g/mol. The van der Waals surface area contributed by atoms with E-state index in [4.69, 9.17) is 0 Å². The maximum Gasteiger partial charge on any atom is 0.132 e. The molecule has 0 saturated carbocycles. The second-order valence-electron chi connectivity index (χ2n) is 3.46. The molecule has 0 radical (unpaired) electrons. The van der Waals surface area contributed by atoms with Crippen LogP contribution >= 0.6 is 22.7 Å². The third kappa shape index (κ3) is 1.55. The second kappa shape index (κ2) is 3.97. The van der Waals surface area contributed by atoms with Crippen molar-refractivity contribution >= 4 is 32.8 Å². The first kappa shape index (κ1) is 9.96. The van der Waals surface area contributed by atoms with Gasteiger partial charge in [0.2, 0.25) is 0 Å². The highest BCUT2D eigenvalue weighted by molar-refractivity contribution is 7.17. The van der Waals surface area contributed by atoms with E-state index in [-0.39, 0.29) is 0 Å². The lowest BCUT2D eigenvalue weighted by Gasteiger charge is -2.08. The highest BCUT2D eigenvalue weighted by Gasteiger charge is 2.15. The molecule has 0 aliphatic rings. The van der Waals surface area contributed by atoms with Gasteiger partial charge in [-0.2, -0.15) is 0 Å². The molecule has 4 heteroatoms. The van der Waals surface area contributed by atoms with Crippen molar-refractivity contribution in [2.75, 3.05) is 0 Å². The van der Waals surface area contributed by atoms with Crippen LogP contribution in [0.3, 0.4) is 0 Å². The molecule has 2 nitrogen and oxygen atoms in total. The van der Waals surface area contributed by atoms with Crippen molar-refractivity contribution in [1.82, 2.24) is 4.98 Å². The molecule has 1 atom stereocenters. The van der Waals surface area contributed by atoms with E-state index in [1.54, 1.807) is 17.5 Å². The van der Waals surface area contributed by atoms with Crippen LogP contribution < -0.4 is 0 Å². The van der Waals surface area contributed by atoms with Gasteiger partial charge in [0.05, 0.1) is 0 Å². The van der Waals surface area contributed by atoms with Crippen molar-refractivity contribution in [2.45, 2.75) is 6.10 Å². The molecule has 3 rings (SSSR count). The zero-order valence-electron chi connectivity index (χ0n) is 8.33. The number of rotatable bonds is 2. The van der Waals surface area contributed by atoms with Crippen LogP contribution in [-0.2, 0) is 0 Å². The lowest BCUT2D eigenvalue weighted by atomic mass is 10.1. The van der Waals surface area contributed by atoms with Crippen molar-refractivity contribution in [1.29, 1.82) is 0 Å². The standard InChI is InChI=1S/C12H9NOS2/c14-10(12-13-5-7-16-12)9-3-1-2-8-4-6-15-11(8)9/h1-7,10,14H. The van der Waals surface area contributed by atoms with Gasteiger partial charge in [-0.3, -0.25) is 0 Å². The number of thiazole rings is 1. The third-order valence-electron chi connectivity index (χ3n) is 2.49. The molecule has 80 valence electrons. The van der Waals surface area contributed by atoms with Crippen LogP contribution in [-0.4, -0.2) is 10.1 Å². The molecule has 16 heavy (non-hydrogen) atoms. The van der Waals surface area contributed by atoms with E-state index in [0.29, 0.717) is 0 Å². The van der Waals surface area contributed by atoms with E-state index in [9.17, 15) is 5.11 Å². The van der Waals surface area contributed by atoms with Crippen molar-refractivity contribution in [2.24, 2.45) is 0 Å². The number of aliphatic hydroxyl groups excluding tert-OH is 1. The maximum atomic E-state index is 10.3. The summed E-state index contributed by atoms with van der Waals surface area (Å²) in [5.74, 6) is 0. The Morgan fingerprint density at radius 1 is 1.12 bits per heavy atom. The summed E-state index contributed by atoms with van der Waals surface area (Å²) >= 11 is 3.14. The van der Waals surface area contributed by atoms with Crippen molar-refractivity contribution in [3.63, 3.8) is 0 Å². The Balaban J connectivity index is 2.15. The number of aliphatic hydroxyl groups is 1. The highest BCUT2D eigenvalue weighted by Crippen LogP contribution is 2.32. The first-order valence-corrected chi connectivity index (χ1v) is 6.66. The van der Waals surface area contributed by atoms with E-state index in [2.05, 4.69) is 17.1 Å². The summed E-state index contributed by atoms with van der Waals surface area (Å²) in [7, 11) is 0. The summed E-state index contributed by atoms with van der Waals surface area (Å²) in [6, 6.07) is 8.06. The van der Waals surface area contributed by atoms with Gasteiger partial charge in [0.1, 0.15) is 11.1 Å². The summed E-state index contributed by atoms with van der Waals surface area (Å²) in [5.41, 5.74) is 0.947. The Bertz CT molecular complexity index is 600. The van der Waals surface area contributed by atoms with Crippen LogP contribution in [0.1, 0.15) is 16.7 Å². The number of thiophene rings is 1. The summed E-state index contributed by atoms with van der Waals surface area (Å²) < 4.78 is 1.14. The molecule has 1 aromatic carbocycles. The van der Waals surface area contributed by atoms with E-state index >= 15 is 0 Å². The molecule has 0 spiro atoms. The summed E-state index contributed by atoms with van der Waals surface area (Å²) in [5, 5.41) is 16.1. The van der Waals surface area contributed by atoms with Crippen molar-refractivity contribution in [3.8, 4) is 0 Å². The van der Waals surface area contributed by atoms with Crippen LogP contribution in [0.5, 0.6) is 0 Å². The van der Waals surface area contributed by atoms with Crippen molar-refractivity contribution in [3.05, 3.63) is 51.8 Å². The molecule has 2 heterocycles. The minimum atomic E-state index is -0.609. The fraction of sp³-hybridized carbons (Fsp3) is 0.0833. The number of nitrogens with zero attached hydrogens (tertiary/aromatic N) is 1. The maximum absolute atomic E-state index is 10.3. The number of hydrogen-bond donors (Lipinski definition) is 1. The average Bonchev–Trinajstić information content (AvgIpc) is 2.98. The minimum Gasteiger partial charge on any atom is -0.381 e. The Morgan fingerprint density at radius 3 is 2.88 bits per heavy atom. The Labute approximate surface area is 101 Å². The van der Waals surface area contributed by atoms with Gasteiger partial charge in [-0.1, -0.05) is 18.2 Å². The van der Waals surface area contributed by atoms with Gasteiger partial charge in [-0.25, -0.2) is 4.98 Å². The van der Waals surface area contributed by atoms with Crippen LogP contribution in [0.25, 0.3) is 10.1 Å². The highest BCUT2D eigenvalue weighted by atomic mass is 32.1. The SMILES string of the molecule is OC(c1nccs1)c1cccc2ccsc12. The fourth-order valence-corrected chi connectivity index (χ4v) is 3.31. The van der Waals surface area contributed by atoms with Gasteiger partial charge in [-0.05, 0) is 16.8 Å². The molecule has 3 aromatic rings. The lowest BCUT2D eigenvalue weighted by molar-refractivity contribution is 0.221.